The molecule has 94 valence electrons. The number of hydrogen-bond donors (Lipinski definition) is 0. The smallest absolute Gasteiger partial charge is 0.137 e. The maximum atomic E-state index is 13.1. The second kappa shape index (κ2) is 5.70. The number of benzene rings is 1. The molecule has 0 N–H and O–H groups in total. The van der Waals surface area contributed by atoms with Gasteiger partial charge in [-0.25, -0.2) is 4.39 Å². The van der Waals surface area contributed by atoms with E-state index in [2.05, 4.69) is 31.9 Å². The van der Waals surface area contributed by atoms with Crippen molar-refractivity contribution in [1.82, 2.24) is 0 Å². The van der Waals surface area contributed by atoms with E-state index in [1.807, 2.05) is 0 Å². The van der Waals surface area contributed by atoms with Crippen LogP contribution >= 0.6 is 31.9 Å². The summed E-state index contributed by atoms with van der Waals surface area (Å²) in [4.78, 5) is 0. The molecule has 2 rings (SSSR count). The van der Waals surface area contributed by atoms with Crippen LogP contribution < -0.4 is 4.74 Å². The Morgan fingerprint density at radius 3 is 2.59 bits per heavy atom. The second-order valence-corrected chi connectivity index (χ2v) is 6.12. The van der Waals surface area contributed by atoms with Crippen LogP contribution in [-0.4, -0.2) is 11.9 Å². The third-order valence-electron chi connectivity index (χ3n) is 3.38. The maximum Gasteiger partial charge on any atom is 0.137 e. The Balaban J connectivity index is 1.99. The molecule has 1 aliphatic rings. The fraction of sp³-hybridized carbons (Fsp3) is 0.538. The number of ether oxygens (including phenoxy) is 1. The highest BCUT2D eigenvalue weighted by atomic mass is 79.9. The van der Waals surface area contributed by atoms with E-state index in [0.29, 0.717) is 11.1 Å². The molecule has 0 bridgehead atoms. The Hall–Kier alpha value is -0.0900. The second-order valence-electron chi connectivity index (χ2n) is 4.71. The van der Waals surface area contributed by atoms with Gasteiger partial charge in [0.15, 0.2) is 0 Å². The molecule has 17 heavy (non-hydrogen) atoms. The SMILES string of the molecule is Fc1ccc(OCC2(CBr)CCCC2)cc1Br. The van der Waals surface area contributed by atoms with Crippen molar-refractivity contribution in [3.8, 4) is 5.75 Å². The molecule has 1 aromatic carbocycles. The van der Waals surface area contributed by atoms with Crippen LogP contribution in [0.2, 0.25) is 0 Å². The van der Waals surface area contributed by atoms with Gasteiger partial charge in [-0.1, -0.05) is 28.8 Å². The summed E-state index contributed by atoms with van der Waals surface area (Å²) >= 11 is 6.75. The first-order chi connectivity index (χ1) is 8.15. The molecular weight excluding hydrogens is 351 g/mol. The molecular formula is C13H15Br2FO. The van der Waals surface area contributed by atoms with Crippen LogP contribution in [0.5, 0.6) is 5.75 Å². The van der Waals surface area contributed by atoms with Crippen molar-refractivity contribution in [3.63, 3.8) is 0 Å². The standard InChI is InChI=1S/C13H15Br2FO/c14-8-13(5-1-2-6-13)9-17-10-3-4-12(16)11(15)7-10/h3-4,7H,1-2,5-6,8-9H2. The molecule has 1 nitrogen and oxygen atoms in total. The van der Waals surface area contributed by atoms with Crippen molar-refractivity contribution in [2.45, 2.75) is 25.7 Å². The summed E-state index contributed by atoms with van der Waals surface area (Å²) in [6, 6.07) is 4.79. The van der Waals surface area contributed by atoms with Crippen LogP contribution in [0.25, 0.3) is 0 Å². The van der Waals surface area contributed by atoms with Gasteiger partial charge in [0.25, 0.3) is 0 Å². The summed E-state index contributed by atoms with van der Waals surface area (Å²) in [6.07, 6.45) is 4.98. The van der Waals surface area contributed by atoms with Crippen molar-refractivity contribution in [1.29, 1.82) is 0 Å². The van der Waals surface area contributed by atoms with Crippen LogP contribution in [0.4, 0.5) is 4.39 Å². The summed E-state index contributed by atoms with van der Waals surface area (Å²) in [5, 5.41) is 0.975. The van der Waals surface area contributed by atoms with Crippen LogP contribution in [0.15, 0.2) is 22.7 Å². The normalized spacial score (nSPS) is 18.3. The Morgan fingerprint density at radius 2 is 2.00 bits per heavy atom. The number of rotatable bonds is 4. The molecule has 0 unspecified atom stereocenters. The first kappa shape index (κ1) is 13.3. The highest BCUT2D eigenvalue weighted by Crippen LogP contribution is 2.40. The van der Waals surface area contributed by atoms with E-state index < -0.39 is 0 Å². The highest BCUT2D eigenvalue weighted by Gasteiger charge is 2.33. The van der Waals surface area contributed by atoms with E-state index in [4.69, 9.17) is 4.74 Å². The van der Waals surface area contributed by atoms with E-state index in [1.54, 1.807) is 12.1 Å². The zero-order valence-electron chi connectivity index (χ0n) is 9.52. The minimum absolute atomic E-state index is 0.256. The topological polar surface area (TPSA) is 9.23 Å². The molecule has 0 spiro atoms. The van der Waals surface area contributed by atoms with E-state index in [1.165, 1.54) is 31.7 Å². The van der Waals surface area contributed by atoms with Gasteiger partial charge in [-0.15, -0.1) is 0 Å². The fourth-order valence-electron chi connectivity index (χ4n) is 2.24. The summed E-state index contributed by atoms with van der Waals surface area (Å²) in [5.74, 6) is 0.471. The lowest BCUT2D eigenvalue weighted by Crippen LogP contribution is -2.26. The average Bonchev–Trinajstić information content (AvgIpc) is 2.80. The molecule has 1 aromatic rings. The van der Waals surface area contributed by atoms with Crippen molar-refractivity contribution < 1.29 is 9.13 Å². The third-order valence-corrected chi connectivity index (χ3v) is 5.18. The average molecular weight is 366 g/mol. The van der Waals surface area contributed by atoms with E-state index in [9.17, 15) is 4.39 Å². The Morgan fingerprint density at radius 1 is 1.29 bits per heavy atom. The maximum absolute atomic E-state index is 13.1. The zero-order valence-corrected chi connectivity index (χ0v) is 12.7. The van der Waals surface area contributed by atoms with E-state index >= 15 is 0 Å². The summed E-state index contributed by atoms with van der Waals surface area (Å²) in [6.45, 7) is 0.705. The predicted octanol–water partition coefficient (Wildman–Crippen LogP) is 4.92. The largest absolute Gasteiger partial charge is 0.493 e. The Labute approximate surface area is 118 Å². The summed E-state index contributed by atoms with van der Waals surface area (Å²) < 4.78 is 19.3. The van der Waals surface area contributed by atoms with Gasteiger partial charge in [-0.3, -0.25) is 0 Å². The molecule has 4 heteroatoms. The molecule has 1 fully saturated rings. The van der Waals surface area contributed by atoms with Crippen LogP contribution in [-0.2, 0) is 0 Å². The van der Waals surface area contributed by atoms with Gasteiger partial charge >= 0.3 is 0 Å². The monoisotopic (exact) mass is 364 g/mol. The molecule has 0 aliphatic heterocycles. The van der Waals surface area contributed by atoms with Crippen molar-refractivity contribution in [3.05, 3.63) is 28.5 Å². The quantitative estimate of drug-likeness (QED) is 0.688. The molecule has 1 aliphatic carbocycles. The van der Waals surface area contributed by atoms with Gasteiger partial charge in [-0.05, 0) is 47.0 Å². The molecule has 0 aromatic heterocycles. The van der Waals surface area contributed by atoms with E-state index in [0.717, 1.165) is 11.1 Å². The van der Waals surface area contributed by atoms with Crippen molar-refractivity contribution in [2.24, 2.45) is 5.41 Å². The van der Waals surface area contributed by atoms with Gasteiger partial charge in [0.2, 0.25) is 0 Å². The van der Waals surface area contributed by atoms with Gasteiger partial charge < -0.3 is 4.74 Å². The fourth-order valence-corrected chi connectivity index (χ4v) is 3.33. The number of alkyl halides is 1. The van der Waals surface area contributed by atoms with Crippen LogP contribution in [0.1, 0.15) is 25.7 Å². The minimum Gasteiger partial charge on any atom is -0.493 e. The molecule has 0 amide bonds. The van der Waals surface area contributed by atoms with Crippen LogP contribution in [0, 0.1) is 11.2 Å². The number of hydrogen-bond acceptors (Lipinski definition) is 1. The Kier molecular flexibility index (Phi) is 4.47. The minimum atomic E-state index is -0.256. The first-order valence-corrected chi connectivity index (χ1v) is 7.70. The third kappa shape index (κ3) is 3.22. The van der Waals surface area contributed by atoms with Gasteiger partial charge in [0.1, 0.15) is 11.6 Å². The van der Waals surface area contributed by atoms with Gasteiger partial charge in [0.05, 0.1) is 11.1 Å². The first-order valence-electron chi connectivity index (χ1n) is 5.79. The summed E-state index contributed by atoms with van der Waals surface area (Å²) in [5.41, 5.74) is 0.265. The lowest BCUT2D eigenvalue weighted by atomic mass is 9.90. The molecule has 1 saturated carbocycles. The highest BCUT2D eigenvalue weighted by molar-refractivity contribution is 9.10. The summed E-state index contributed by atoms with van der Waals surface area (Å²) in [7, 11) is 0. The van der Waals surface area contributed by atoms with Gasteiger partial charge in [0, 0.05) is 10.7 Å². The van der Waals surface area contributed by atoms with Crippen LogP contribution in [0.3, 0.4) is 0 Å². The van der Waals surface area contributed by atoms with Crippen molar-refractivity contribution in [2.75, 3.05) is 11.9 Å². The molecule has 0 heterocycles. The van der Waals surface area contributed by atoms with E-state index in [-0.39, 0.29) is 11.2 Å². The molecule has 0 radical (unpaired) electrons. The molecule has 0 saturated heterocycles. The predicted molar refractivity (Wildman–Crippen MR) is 74.3 cm³/mol. The Bertz CT molecular complexity index is 389. The van der Waals surface area contributed by atoms with Crippen molar-refractivity contribution >= 4 is 31.9 Å². The van der Waals surface area contributed by atoms with Gasteiger partial charge in [-0.2, -0.15) is 0 Å². The zero-order chi connectivity index (χ0) is 12.3. The lowest BCUT2D eigenvalue weighted by Gasteiger charge is -2.26. The number of halogens is 3. The molecule has 0 atom stereocenters. The lowest BCUT2D eigenvalue weighted by molar-refractivity contribution is 0.173.